The molecule has 2 aromatic rings. The van der Waals surface area contributed by atoms with Gasteiger partial charge in [0.05, 0.1) is 24.2 Å². The van der Waals surface area contributed by atoms with Gasteiger partial charge in [0.1, 0.15) is 12.1 Å². The van der Waals surface area contributed by atoms with Crippen molar-refractivity contribution in [3.8, 4) is 0 Å². The lowest BCUT2D eigenvalue weighted by Crippen LogP contribution is -2.54. The Morgan fingerprint density at radius 3 is 0.934 bits per heavy atom. The summed E-state index contributed by atoms with van der Waals surface area (Å²) in [5, 5.41) is 0. The molecule has 0 bridgehead atoms. The predicted octanol–water partition coefficient (Wildman–Crippen LogP) is 8.82. The molecule has 2 aromatic carbocycles. The first-order valence-electron chi connectivity index (χ1n) is 21.8. The summed E-state index contributed by atoms with van der Waals surface area (Å²) in [6.45, 7) is 17.0. The molecule has 0 radical (unpaired) electrons. The van der Waals surface area contributed by atoms with Gasteiger partial charge in [0, 0.05) is 103 Å². The predicted molar refractivity (Wildman–Crippen MR) is 276 cm³/mol. The van der Waals surface area contributed by atoms with Gasteiger partial charge >= 0.3 is 0 Å². The van der Waals surface area contributed by atoms with Crippen molar-refractivity contribution < 1.29 is 28.8 Å². The number of hydrogen-bond acceptors (Lipinski definition) is 6. The fourth-order valence-corrected chi connectivity index (χ4v) is 6.26. The summed E-state index contributed by atoms with van der Waals surface area (Å²) in [5.74, 6) is -5.26. The minimum atomic E-state index is -1.58. The Balaban J connectivity index is 1.86. The van der Waals surface area contributed by atoms with Crippen molar-refractivity contribution in [1.29, 1.82) is 0 Å². The van der Waals surface area contributed by atoms with E-state index >= 15 is 0 Å². The van der Waals surface area contributed by atoms with Gasteiger partial charge in [-0.25, -0.2) is 9.80 Å². The van der Waals surface area contributed by atoms with E-state index in [9.17, 15) is 28.8 Å². The van der Waals surface area contributed by atoms with E-state index in [1.165, 1.54) is 13.8 Å². The number of benzene rings is 2. The lowest BCUT2D eigenvalue weighted by Gasteiger charge is -2.36. The zero-order chi connectivity index (χ0) is 55.1. The Morgan fingerprint density at radius 1 is 0.434 bits per heavy atom. The number of anilines is 2. The number of hydrogen-bond donors (Lipinski definition) is 0. The van der Waals surface area contributed by atoms with Crippen LogP contribution in [0.4, 0.5) is 11.4 Å². The summed E-state index contributed by atoms with van der Waals surface area (Å²) in [6.07, 6.45) is -1.06. The largest absolute Gasteiger partial charge is 0.274 e. The zero-order valence-corrected chi connectivity index (χ0v) is 41.0. The maximum Gasteiger partial charge on any atom is 0.257 e. The van der Waals surface area contributed by atoms with E-state index in [1.807, 2.05) is 0 Å². The molecule has 2 unspecified atom stereocenters. The molecule has 6 amide bonds. The van der Waals surface area contributed by atoms with E-state index < -0.39 is 66.2 Å². The van der Waals surface area contributed by atoms with Gasteiger partial charge in [0.25, 0.3) is 23.6 Å². The van der Waals surface area contributed by atoms with Gasteiger partial charge in [-0.2, -0.15) is 0 Å². The molecular formula is C66H32N4O6. The minimum absolute atomic E-state index is 0.107. The molecule has 10 heteroatoms. The van der Waals surface area contributed by atoms with Crippen LogP contribution in [0.2, 0.25) is 0 Å². The molecule has 0 spiro atoms. The number of rotatable bonds is 8. The number of carbonyl (C=O) groups is 6. The van der Waals surface area contributed by atoms with Crippen molar-refractivity contribution in [2.24, 2.45) is 0 Å². The van der Waals surface area contributed by atoms with Crippen molar-refractivity contribution in [3.05, 3.63) is 291 Å². The molecule has 76 heavy (non-hydrogen) atoms. The molecule has 2 saturated heterocycles. The Kier molecular flexibility index (Phi) is 22.2. The molecule has 0 N–H and O–H groups in total. The first kappa shape index (κ1) is 56.0. The van der Waals surface area contributed by atoms with E-state index in [1.54, 1.807) is 62.4 Å². The summed E-state index contributed by atoms with van der Waals surface area (Å²) in [7, 11) is 0. The number of nitrogens with zero attached hydrogens (tertiary/aromatic N) is 4. The van der Waals surface area contributed by atoms with Crippen molar-refractivity contribution >= 4 is 46.8 Å². The highest BCUT2D eigenvalue weighted by atomic mass is 16.2. The Morgan fingerprint density at radius 2 is 0.684 bits per heavy atom. The second-order valence-corrected chi connectivity index (χ2v) is 14.7. The van der Waals surface area contributed by atoms with Gasteiger partial charge in [-0.15, -0.1) is 0 Å². The summed E-state index contributed by atoms with van der Waals surface area (Å²) < 4.78 is 0. The normalized spacial score (nSPS) is 11.9. The SMILES string of the molecule is C=C=C=C=C=C=C=C=C=C=C=C=C=C=C=C=C=C=C=C=C=C=C=C=C=C=C=C=C=C=C=C=C=C=C=C(N(C(=O)C(=C)C)C1CC(=O)N(c2ccccc2C)C1=O)N(C(=O)C(=C)C)C1CC(=O)N(c2ccccc2C)C1=O. The van der Waals surface area contributed by atoms with Gasteiger partial charge < -0.3 is 0 Å². The Hall–Kier alpha value is -12.6. The van der Waals surface area contributed by atoms with Crippen molar-refractivity contribution in [2.45, 2.75) is 52.6 Å². The topological polar surface area (TPSA) is 115 Å². The second-order valence-electron chi connectivity index (χ2n) is 14.7. The highest BCUT2D eigenvalue weighted by Gasteiger charge is 2.51. The molecule has 2 fully saturated rings. The summed E-state index contributed by atoms with van der Waals surface area (Å²) in [6, 6.07) is 10.2. The Bertz CT molecular complexity index is 4290. The molecule has 2 heterocycles. The lowest BCUT2D eigenvalue weighted by atomic mass is 10.1. The quantitative estimate of drug-likeness (QED) is 0.149. The smallest absolute Gasteiger partial charge is 0.257 e. The summed E-state index contributed by atoms with van der Waals surface area (Å²) >= 11 is 0. The molecular weight excluding hydrogens is 945 g/mol. The third-order valence-electron chi connectivity index (χ3n) is 9.41. The molecule has 0 aliphatic carbocycles. The highest BCUT2D eigenvalue weighted by molar-refractivity contribution is 6.25. The molecule has 4 rings (SSSR count). The van der Waals surface area contributed by atoms with Crippen LogP contribution < -0.4 is 9.80 Å². The Labute approximate surface area is 437 Å². The van der Waals surface area contributed by atoms with Gasteiger partial charge in [-0.1, -0.05) is 55.3 Å². The average Bonchev–Trinajstić information content (AvgIpc) is 3.86. The summed E-state index contributed by atoms with van der Waals surface area (Å²) in [5.41, 5.74) is 86.2. The van der Waals surface area contributed by atoms with E-state index in [0.717, 1.165) is 19.6 Å². The van der Waals surface area contributed by atoms with Crippen molar-refractivity contribution in [2.75, 3.05) is 9.80 Å². The molecule has 352 valence electrons. The van der Waals surface area contributed by atoms with Gasteiger partial charge in [0.15, 0.2) is 5.82 Å². The van der Waals surface area contributed by atoms with Crippen LogP contribution in [0, 0.1) is 13.8 Å². The minimum Gasteiger partial charge on any atom is -0.274 e. The van der Waals surface area contributed by atoms with Crippen LogP contribution in [-0.4, -0.2) is 57.3 Å². The number of aryl methyl sites for hydroxylation is 2. The number of carbonyl (C=O) groups excluding carboxylic acids is 6. The zero-order valence-electron chi connectivity index (χ0n) is 41.0. The van der Waals surface area contributed by atoms with E-state index in [4.69, 9.17) is 0 Å². The lowest BCUT2D eigenvalue weighted by molar-refractivity contribution is -0.140. The van der Waals surface area contributed by atoms with Crippen LogP contribution in [0.3, 0.4) is 0 Å². The maximum atomic E-state index is 14.4. The number of imide groups is 2. The third-order valence-corrected chi connectivity index (χ3v) is 9.41. The van der Waals surface area contributed by atoms with E-state index in [0.29, 0.717) is 11.1 Å². The molecule has 2 atom stereocenters. The highest BCUT2D eigenvalue weighted by Crippen LogP contribution is 2.35. The van der Waals surface area contributed by atoms with Crippen LogP contribution in [-0.2, 0) is 28.8 Å². The maximum absolute atomic E-state index is 14.4. The number of amides is 6. The van der Waals surface area contributed by atoms with E-state index in [2.05, 4.69) is 215 Å². The molecule has 10 nitrogen and oxygen atoms in total. The summed E-state index contributed by atoms with van der Waals surface area (Å²) in [4.78, 5) is 88.3. The standard InChI is InChI=1S/C66H32N4O6/c1-8-9-10-11-12-13-14-15-16-17-18-19-20-21-22-23-24-25-26-27-28-29-30-31-32-33-34-35-36-37-38-39-40-49-60(67(63(73)52(2)3)58-50-61(71)69(65(58)75)56-47-43-41-45-54(56)6)68(64(74)53(4)5)59-51-62(72)70(66(59)76)57-48-44-42-46-55(57)7/h41-48,58-59H,1-2,4,50-51H2,3,5-7H3. The average molecular weight is 977 g/mol. The molecule has 0 saturated carbocycles. The van der Waals surface area contributed by atoms with Gasteiger partial charge in [-0.3, -0.25) is 38.6 Å². The monoisotopic (exact) mass is 976 g/mol. The first-order valence-corrected chi connectivity index (χ1v) is 21.8. The van der Waals surface area contributed by atoms with Gasteiger partial charge in [0.2, 0.25) is 11.8 Å². The third kappa shape index (κ3) is 16.5. The van der Waals surface area contributed by atoms with Crippen LogP contribution in [0.1, 0.15) is 37.8 Å². The fraction of sp³-hybridized carbons (Fsp3) is 0.121. The van der Waals surface area contributed by atoms with Crippen LogP contribution in [0.15, 0.2) is 280 Å². The molecule has 0 aromatic heterocycles. The van der Waals surface area contributed by atoms with Crippen LogP contribution >= 0.6 is 0 Å². The molecule has 2 aliphatic heterocycles. The first-order chi connectivity index (χ1) is 36.8. The second kappa shape index (κ2) is 30.1. The molecule has 2 aliphatic rings. The number of para-hydroxylation sites is 2. The van der Waals surface area contributed by atoms with E-state index in [-0.39, 0.29) is 22.5 Å². The fourth-order valence-electron chi connectivity index (χ4n) is 6.26. The van der Waals surface area contributed by atoms with Crippen molar-refractivity contribution in [1.82, 2.24) is 9.80 Å². The van der Waals surface area contributed by atoms with Crippen LogP contribution in [0.5, 0.6) is 0 Å². The van der Waals surface area contributed by atoms with Crippen LogP contribution in [0.25, 0.3) is 0 Å². The van der Waals surface area contributed by atoms with Gasteiger partial charge in [-0.05, 0) is 155 Å². The van der Waals surface area contributed by atoms with Crippen molar-refractivity contribution in [3.63, 3.8) is 0 Å².